The van der Waals surface area contributed by atoms with Crippen LogP contribution >= 0.6 is 0 Å². The van der Waals surface area contributed by atoms with E-state index in [0.717, 1.165) is 37.1 Å². The number of carboxylic acid groups (broad SMARTS) is 1. The Labute approximate surface area is 130 Å². The van der Waals surface area contributed by atoms with Crippen LogP contribution in [0.1, 0.15) is 25.5 Å². The van der Waals surface area contributed by atoms with Gasteiger partial charge in [-0.3, -0.25) is 4.79 Å². The van der Waals surface area contributed by atoms with Crippen LogP contribution in [0.2, 0.25) is 0 Å². The third-order valence-corrected chi connectivity index (χ3v) is 5.51. The molecule has 2 aliphatic heterocycles. The number of carbonyl (C=O) groups is 1. The Bertz CT molecular complexity index is 608. The van der Waals surface area contributed by atoms with E-state index >= 15 is 0 Å². The molecule has 22 heavy (non-hydrogen) atoms. The predicted molar refractivity (Wildman–Crippen MR) is 83.1 cm³/mol. The maximum Gasteiger partial charge on any atom is 0.303 e. The van der Waals surface area contributed by atoms with E-state index in [4.69, 9.17) is 10.1 Å². The van der Waals surface area contributed by atoms with Gasteiger partial charge in [-0.15, -0.1) is 0 Å². The molecule has 1 aromatic rings. The van der Waals surface area contributed by atoms with Gasteiger partial charge in [0.15, 0.2) is 0 Å². The van der Waals surface area contributed by atoms with Crippen LogP contribution in [0, 0.1) is 24.7 Å². The van der Waals surface area contributed by atoms with Gasteiger partial charge in [-0.1, -0.05) is 0 Å². The number of anilines is 2. The standard InChI is InChI=1S/C16H22N4O2/c1-9-5-14(20-4-3-10(20)2)18-16(17-9)19-7-12-11(6-15(21)22)13(12)8-19/h5,10-13H,3-4,6-8H2,1-2H3,(H,21,22). The molecule has 1 N–H and O–H groups in total. The Morgan fingerprint density at radius 3 is 2.64 bits per heavy atom. The molecular formula is C16H22N4O2. The smallest absolute Gasteiger partial charge is 0.303 e. The van der Waals surface area contributed by atoms with E-state index in [2.05, 4.69) is 27.8 Å². The second kappa shape index (κ2) is 4.83. The van der Waals surface area contributed by atoms with Crippen molar-refractivity contribution in [1.29, 1.82) is 0 Å². The highest BCUT2D eigenvalue weighted by atomic mass is 16.4. The van der Waals surface area contributed by atoms with Crippen LogP contribution in [0.3, 0.4) is 0 Å². The molecule has 2 saturated heterocycles. The van der Waals surface area contributed by atoms with Crippen molar-refractivity contribution in [2.75, 3.05) is 29.4 Å². The van der Waals surface area contributed by atoms with Crippen molar-refractivity contribution in [2.24, 2.45) is 17.8 Å². The number of hydrogen-bond acceptors (Lipinski definition) is 5. The van der Waals surface area contributed by atoms with E-state index in [1.54, 1.807) is 0 Å². The number of piperidine rings is 1. The lowest BCUT2D eigenvalue weighted by Crippen LogP contribution is -2.46. The van der Waals surface area contributed by atoms with Crippen molar-refractivity contribution >= 4 is 17.7 Å². The second-order valence-electron chi connectivity index (χ2n) is 6.99. The van der Waals surface area contributed by atoms with Crippen molar-refractivity contribution in [1.82, 2.24) is 9.97 Å². The maximum absolute atomic E-state index is 10.8. The summed E-state index contributed by atoms with van der Waals surface area (Å²) in [4.78, 5) is 24.7. The van der Waals surface area contributed by atoms with Gasteiger partial charge in [0, 0.05) is 43.9 Å². The zero-order valence-electron chi connectivity index (χ0n) is 13.1. The number of nitrogens with zero attached hydrogens (tertiary/aromatic N) is 4. The normalized spacial score (nSPS) is 32.6. The van der Waals surface area contributed by atoms with Crippen molar-refractivity contribution in [3.05, 3.63) is 11.8 Å². The molecule has 3 atom stereocenters. The molecule has 3 heterocycles. The Hall–Kier alpha value is -1.85. The first kappa shape index (κ1) is 13.8. The minimum Gasteiger partial charge on any atom is -0.481 e. The summed E-state index contributed by atoms with van der Waals surface area (Å²) in [5.41, 5.74) is 1.00. The molecule has 0 aromatic carbocycles. The van der Waals surface area contributed by atoms with Crippen molar-refractivity contribution < 1.29 is 9.90 Å². The molecule has 0 spiro atoms. The van der Waals surface area contributed by atoms with E-state index in [0.29, 0.717) is 30.2 Å². The van der Waals surface area contributed by atoms with Gasteiger partial charge in [-0.05, 0) is 38.0 Å². The summed E-state index contributed by atoms with van der Waals surface area (Å²) in [7, 11) is 0. The minimum atomic E-state index is -0.674. The largest absolute Gasteiger partial charge is 0.481 e. The summed E-state index contributed by atoms with van der Waals surface area (Å²) in [6, 6.07) is 2.62. The van der Waals surface area contributed by atoms with Gasteiger partial charge < -0.3 is 14.9 Å². The average Bonchev–Trinajstić information content (AvgIpc) is 2.88. The maximum atomic E-state index is 10.8. The van der Waals surface area contributed by atoms with E-state index in [-0.39, 0.29) is 0 Å². The first-order chi connectivity index (χ1) is 10.5. The SMILES string of the molecule is Cc1cc(N2CCC2C)nc(N2CC3C(CC(=O)O)C3C2)n1. The van der Waals surface area contributed by atoms with Crippen LogP contribution in [0.5, 0.6) is 0 Å². The van der Waals surface area contributed by atoms with Crippen molar-refractivity contribution in [3.63, 3.8) is 0 Å². The molecular weight excluding hydrogens is 280 g/mol. The number of rotatable bonds is 4. The summed E-state index contributed by atoms with van der Waals surface area (Å²) < 4.78 is 0. The third-order valence-electron chi connectivity index (χ3n) is 5.51. The van der Waals surface area contributed by atoms with Gasteiger partial charge in [0.25, 0.3) is 0 Å². The Kier molecular flexibility index (Phi) is 3.03. The number of aryl methyl sites for hydroxylation is 1. The molecule has 6 nitrogen and oxygen atoms in total. The topological polar surface area (TPSA) is 69.6 Å². The van der Waals surface area contributed by atoms with Crippen LogP contribution < -0.4 is 9.80 Å². The Morgan fingerprint density at radius 1 is 1.36 bits per heavy atom. The molecule has 3 unspecified atom stereocenters. The number of aliphatic carboxylic acids is 1. The fraction of sp³-hybridized carbons (Fsp3) is 0.688. The van der Waals surface area contributed by atoms with Crippen LogP contribution in [0.25, 0.3) is 0 Å². The van der Waals surface area contributed by atoms with Gasteiger partial charge in [0.05, 0.1) is 0 Å². The van der Waals surface area contributed by atoms with Gasteiger partial charge >= 0.3 is 5.97 Å². The zero-order chi connectivity index (χ0) is 15.4. The molecule has 1 aliphatic carbocycles. The number of fused-ring (bicyclic) bond motifs is 1. The molecule has 3 fully saturated rings. The summed E-state index contributed by atoms with van der Waals surface area (Å²) in [5.74, 6) is 2.58. The number of carboxylic acids is 1. The first-order valence-corrected chi connectivity index (χ1v) is 8.12. The van der Waals surface area contributed by atoms with Crippen LogP contribution in [-0.2, 0) is 4.79 Å². The highest BCUT2D eigenvalue weighted by Crippen LogP contribution is 2.54. The lowest BCUT2D eigenvalue weighted by molar-refractivity contribution is -0.137. The summed E-state index contributed by atoms with van der Waals surface area (Å²) >= 11 is 0. The van der Waals surface area contributed by atoms with E-state index in [1.165, 1.54) is 6.42 Å². The molecule has 3 aliphatic rings. The monoisotopic (exact) mass is 302 g/mol. The lowest BCUT2D eigenvalue weighted by Gasteiger charge is -2.40. The van der Waals surface area contributed by atoms with Crippen molar-refractivity contribution in [3.8, 4) is 0 Å². The first-order valence-electron chi connectivity index (χ1n) is 8.12. The fourth-order valence-corrected chi connectivity index (χ4v) is 4.00. The Balaban J connectivity index is 1.47. The third kappa shape index (κ3) is 2.21. The van der Waals surface area contributed by atoms with Gasteiger partial charge in [-0.2, -0.15) is 4.98 Å². The van der Waals surface area contributed by atoms with Crippen LogP contribution in [0.15, 0.2) is 6.07 Å². The average molecular weight is 302 g/mol. The van der Waals surface area contributed by atoms with Crippen LogP contribution in [0.4, 0.5) is 11.8 Å². The molecule has 0 bridgehead atoms. The predicted octanol–water partition coefficient (Wildman–Crippen LogP) is 1.54. The van der Waals surface area contributed by atoms with E-state index in [1.807, 2.05) is 6.92 Å². The van der Waals surface area contributed by atoms with Gasteiger partial charge in [0.1, 0.15) is 5.82 Å². The highest BCUT2D eigenvalue weighted by molar-refractivity contribution is 5.68. The van der Waals surface area contributed by atoms with Crippen LogP contribution in [-0.4, -0.2) is 46.7 Å². The molecule has 118 valence electrons. The molecule has 6 heteroatoms. The Morgan fingerprint density at radius 2 is 2.09 bits per heavy atom. The summed E-state index contributed by atoms with van der Waals surface area (Å²) in [6.07, 6.45) is 1.54. The zero-order valence-corrected chi connectivity index (χ0v) is 13.1. The minimum absolute atomic E-state index is 0.314. The molecule has 4 rings (SSSR count). The van der Waals surface area contributed by atoms with Gasteiger partial charge in [0.2, 0.25) is 5.95 Å². The van der Waals surface area contributed by atoms with Crippen molar-refractivity contribution in [2.45, 2.75) is 32.7 Å². The number of hydrogen-bond donors (Lipinski definition) is 1. The van der Waals surface area contributed by atoms with E-state index in [9.17, 15) is 4.79 Å². The molecule has 1 aromatic heterocycles. The number of aromatic nitrogens is 2. The quantitative estimate of drug-likeness (QED) is 0.910. The lowest BCUT2D eigenvalue weighted by atomic mass is 10.1. The second-order valence-corrected chi connectivity index (χ2v) is 6.99. The molecule has 0 amide bonds. The fourth-order valence-electron chi connectivity index (χ4n) is 4.00. The van der Waals surface area contributed by atoms with Gasteiger partial charge in [-0.25, -0.2) is 4.98 Å². The summed E-state index contributed by atoms with van der Waals surface area (Å²) in [6.45, 7) is 7.12. The molecule has 0 radical (unpaired) electrons. The summed E-state index contributed by atoms with van der Waals surface area (Å²) in [5, 5.41) is 8.91. The van der Waals surface area contributed by atoms with E-state index < -0.39 is 5.97 Å². The highest BCUT2D eigenvalue weighted by Gasteiger charge is 2.56. The molecule has 1 saturated carbocycles.